The van der Waals surface area contributed by atoms with Gasteiger partial charge in [0.2, 0.25) is 5.91 Å². The predicted molar refractivity (Wildman–Crippen MR) is 136 cm³/mol. The number of nitrogens with zero attached hydrogens (tertiary/aromatic N) is 1. The molecular weight excluding hydrogens is 485 g/mol. The minimum atomic E-state index is -4.21. The second-order valence-corrected chi connectivity index (χ2v) is 10.8. The lowest BCUT2D eigenvalue weighted by molar-refractivity contribution is -0.114. The van der Waals surface area contributed by atoms with Gasteiger partial charge in [0.05, 0.1) is 28.9 Å². The Hall–Kier alpha value is -3.92. The van der Waals surface area contributed by atoms with E-state index in [4.69, 9.17) is 4.74 Å². The molecule has 36 heavy (non-hydrogen) atoms. The smallest absolute Gasteiger partial charge is 0.264 e. The number of halogens is 1. The quantitative estimate of drug-likeness (QED) is 0.470. The summed E-state index contributed by atoms with van der Waals surface area (Å²) in [4.78, 5) is 25.7. The van der Waals surface area contributed by atoms with Crippen LogP contribution in [0.1, 0.15) is 31.1 Å². The summed E-state index contributed by atoms with van der Waals surface area (Å²) in [7, 11) is -2.76. The van der Waals surface area contributed by atoms with Crippen LogP contribution in [-0.2, 0) is 14.8 Å². The molecule has 0 bridgehead atoms. The average molecular weight is 514 g/mol. The van der Waals surface area contributed by atoms with Crippen molar-refractivity contribution in [1.82, 2.24) is 5.32 Å². The minimum absolute atomic E-state index is 0.0784. The maximum absolute atomic E-state index is 13.5. The molecule has 0 aromatic heterocycles. The molecule has 0 saturated carbocycles. The molecule has 3 rings (SSSR count). The first-order valence-corrected chi connectivity index (χ1v) is 12.5. The van der Waals surface area contributed by atoms with Crippen molar-refractivity contribution in [3.05, 3.63) is 84.2 Å². The molecule has 3 aromatic rings. The standard InChI is InChI=1S/C26H28FN3O5S/c1-26(2,3)29-25(32)22-7-5-6-8-23(22)28-24(31)17-30(19-11-9-18(27)10-12-19)36(33,34)21-15-13-20(35-4)14-16-21/h5-16H,17H2,1-4H3,(H,28,31)(H,29,32). The number of rotatable bonds is 8. The summed E-state index contributed by atoms with van der Waals surface area (Å²) >= 11 is 0. The highest BCUT2D eigenvalue weighted by molar-refractivity contribution is 7.92. The van der Waals surface area contributed by atoms with Crippen LogP contribution in [0.4, 0.5) is 15.8 Å². The first-order valence-electron chi connectivity index (χ1n) is 11.0. The summed E-state index contributed by atoms with van der Waals surface area (Å²) in [5.74, 6) is -1.17. The second-order valence-electron chi connectivity index (χ2n) is 8.96. The summed E-state index contributed by atoms with van der Waals surface area (Å²) in [6.07, 6.45) is 0. The Morgan fingerprint density at radius 2 is 1.56 bits per heavy atom. The lowest BCUT2D eigenvalue weighted by Crippen LogP contribution is -2.41. The Labute approximate surface area is 210 Å². The van der Waals surface area contributed by atoms with Crippen molar-refractivity contribution >= 4 is 33.2 Å². The monoisotopic (exact) mass is 513 g/mol. The summed E-state index contributed by atoms with van der Waals surface area (Å²) in [5, 5.41) is 5.46. The first-order chi connectivity index (χ1) is 16.9. The third-order valence-electron chi connectivity index (χ3n) is 4.98. The van der Waals surface area contributed by atoms with Crippen molar-refractivity contribution in [1.29, 1.82) is 0 Å². The van der Waals surface area contributed by atoms with Crippen LogP contribution in [0.25, 0.3) is 0 Å². The van der Waals surface area contributed by atoms with Crippen molar-refractivity contribution in [3.63, 3.8) is 0 Å². The third kappa shape index (κ3) is 6.60. The Morgan fingerprint density at radius 1 is 0.944 bits per heavy atom. The molecule has 10 heteroatoms. The Balaban J connectivity index is 1.92. The van der Waals surface area contributed by atoms with Gasteiger partial charge in [0.15, 0.2) is 0 Å². The largest absolute Gasteiger partial charge is 0.497 e. The highest BCUT2D eigenvalue weighted by atomic mass is 32.2. The number of anilines is 2. The molecule has 3 aromatic carbocycles. The highest BCUT2D eigenvalue weighted by Gasteiger charge is 2.28. The van der Waals surface area contributed by atoms with E-state index in [1.165, 1.54) is 43.5 Å². The van der Waals surface area contributed by atoms with Gasteiger partial charge in [0, 0.05) is 5.54 Å². The third-order valence-corrected chi connectivity index (χ3v) is 6.77. The van der Waals surface area contributed by atoms with Crippen molar-refractivity contribution in [3.8, 4) is 5.75 Å². The van der Waals surface area contributed by atoms with E-state index < -0.39 is 33.8 Å². The van der Waals surface area contributed by atoms with Crippen LogP contribution < -0.4 is 19.7 Å². The zero-order valence-corrected chi connectivity index (χ0v) is 21.2. The molecule has 0 radical (unpaired) electrons. The van der Waals surface area contributed by atoms with E-state index in [0.717, 1.165) is 16.4 Å². The van der Waals surface area contributed by atoms with Gasteiger partial charge in [-0.05, 0) is 81.4 Å². The minimum Gasteiger partial charge on any atom is -0.497 e. The molecule has 8 nitrogen and oxygen atoms in total. The predicted octanol–water partition coefficient (Wildman–Crippen LogP) is 4.20. The maximum Gasteiger partial charge on any atom is 0.264 e. The number of methoxy groups -OCH3 is 1. The van der Waals surface area contributed by atoms with Crippen LogP contribution in [-0.4, -0.2) is 39.4 Å². The summed E-state index contributed by atoms with van der Waals surface area (Å²) in [6, 6.07) is 16.9. The van der Waals surface area contributed by atoms with Gasteiger partial charge in [-0.15, -0.1) is 0 Å². The van der Waals surface area contributed by atoms with Gasteiger partial charge in [0.25, 0.3) is 15.9 Å². The zero-order valence-electron chi connectivity index (χ0n) is 20.4. The van der Waals surface area contributed by atoms with Crippen molar-refractivity contribution in [2.45, 2.75) is 31.2 Å². The Morgan fingerprint density at radius 3 is 2.14 bits per heavy atom. The molecule has 0 fully saturated rings. The van der Waals surface area contributed by atoms with Gasteiger partial charge in [0.1, 0.15) is 18.1 Å². The fraction of sp³-hybridized carbons (Fsp3) is 0.231. The van der Waals surface area contributed by atoms with Crippen molar-refractivity contribution in [2.24, 2.45) is 0 Å². The van der Waals surface area contributed by atoms with Crippen molar-refractivity contribution in [2.75, 3.05) is 23.3 Å². The maximum atomic E-state index is 13.5. The fourth-order valence-corrected chi connectivity index (χ4v) is 4.74. The van der Waals surface area contributed by atoms with Gasteiger partial charge in [-0.2, -0.15) is 0 Å². The van der Waals surface area contributed by atoms with Gasteiger partial charge in [-0.3, -0.25) is 13.9 Å². The first kappa shape index (κ1) is 26.7. The summed E-state index contributed by atoms with van der Waals surface area (Å²) in [6.45, 7) is 4.87. The highest BCUT2D eigenvalue weighted by Crippen LogP contribution is 2.26. The molecule has 0 aliphatic carbocycles. The number of sulfonamides is 1. The van der Waals surface area contributed by atoms with E-state index in [2.05, 4.69) is 10.6 Å². The van der Waals surface area contributed by atoms with Gasteiger partial charge < -0.3 is 15.4 Å². The topological polar surface area (TPSA) is 105 Å². The molecule has 190 valence electrons. The number of nitrogens with one attached hydrogen (secondary N) is 2. The molecule has 0 aliphatic heterocycles. The molecule has 2 N–H and O–H groups in total. The number of amides is 2. The number of hydrogen-bond acceptors (Lipinski definition) is 5. The van der Waals surface area contributed by atoms with Crippen LogP contribution in [0.15, 0.2) is 77.7 Å². The fourth-order valence-electron chi connectivity index (χ4n) is 3.32. The average Bonchev–Trinajstić information content (AvgIpc) is 2.82. The number of para-hydroxylation sites is 1. The molecule has 0 spiro atoms. The molecule has 2 amide bonds. The second kappa shape index (κ2) is 10.8. The van der Waals surface area contributed by atoms with E-state index >= 15 is 0 Å². The number of benzene rings is 3. The van der Waals surface area contributed by atoms with Crippen LogP contribution in [0.2, 0.25) is 0 Å². The zero-order chi connectivity index (χ0) is 26.5. The van der Waals surface area contributed by atoms with E-state index in [-0.39, 0.29) is 27.7 Å². The van der Waals surface area contributed by atoms with E-state index in [9.17, 15) is 22.4 Å². The molecular formula is C26H28FN3O5S. The number of ether oxygens (including phenoxy) is 1. The Kier molecular flexibility index (Phi) is 7.99. The van der Waals surface area contributed by atoms with Gasteiger partial charge in [-0.25, -0.2) is 12.8 Å². The molecule has 0 atom stereocenters. The van der Waals surface area contributed by atoms with Crippen LogP contribution in [0, 0.1) is 5.82 Å². The van der Waals surface area contributed by atoms with Gasteiger partial charge >= 0.3 is 0 Å². The molecule has 0 aliphatic rings. The van der Waals surface area contributed by atoms with E-state index in [0.29, 0.717) is 5.75 Å². The summed E-state index contributed by atoms with van der Waals surface area (Å²) in [5.41, 5.74) is 0.0541. The molecule has 0 saturated heterocycles. The van der Waals surface area contributed by atoms with Crippen LogP contribution >= 0.6 is 0 Å². The SMILES string of the molecule is COc1ccc(S(=O)(=O)N(CC(=O)Nc2ccccc2C(=O)NC(C)(C)C)c2ccc(F)cc2)cc1. The van der Waals surface area contributed by atoms with E-state index in [1.807, 2.05) is 20.8 Å². The van der Waals surface area contributed by atoms with Crippen LogP contribution in [0.3, 0.4) is 0 Å². The molecule has 0 unspecified atom stereocenters. The summed E-state index contributed by atoms with van der Waals surface area (Å²) < 4.78 is 46.5. The van der Waals surface area contributed by atoms with Gasteiger partial charge in [-0.1, -0.05) is 12.1 Å². The number of hydrogen-bond donors (Lipinski definition) is 2. The number of carbonyl (C=O) groups is 2. The normalized spacial score (nSPS) is 11.5. The lowest BCUT2D eigenvalue weighted by Gasteiger charge is -2.25. The molecule has 0 heterocycles. The number of carbonyl (C=O) groups excluding carboxylic acids is 2. The lowest BCUT2D eigenvalue weighted by atomic mass is 10.1. The van der Waals surface area contributed by atoms with E-state index in [1.54, 1.807) is 24.3 Å². The Bertz CT molecular complexity index is 1340. The van der Waals surface area contributed by atoms with Crippen LogP contribution in [0.5, 0.6) is 5.75 Å². The van der Waals surface area contributed by atoms with Crippen molar-refractivity contribution < 1.29 is 27.1 Å².